The first-order chi connectivity index (χ1) is 6.56. The minimum atomic E-state index is -0.843. The molecule has 0 bridgehead atoms. The van der Waals surface area contributed by atoms with Crippen molar-refractivity contribution in [3.8, 4) is 12.3 Å². The summed E-state index contributed by atoms with van der Waals surface area (Å²) in [5.41, 5.74) is 0. The number of piperazine rings is 1. The minimum absolute atomic E-state index is 0.200. The van der Waals surface area contributed by atoms with Crippen LogP contribution in [0.1, 0.15) is 13.8 Å². The van der Waals surface area contributed by atoms with Gasteiger partial charge in [0.05, 0.1) is 6.54 Å². The fraction of sp³-hybridized carbons (Fsp3) is 0.700. The van der Waals surface area contributed by atoms with E-state index in [1.807, 2.05) is 13.8 Å². The molecule has 0 saturated carbocycles. The summed E-state index contributed by atoms with van der Waals surface area (Å²) in [5, 5.41) is 8.86. The molecule has 4 heteroatoms. The van der Waals surface area contributed by atoms with Crippen LogP contribution in [-0.2, 0) is 0 Å². The van der Waals surface area contributed by atoms with Crippen LogP contribution < -0.4 is 0 Å². The Balaban J connectivity index is 2.63. The van der Waals surface area contributed by atoms with E-state index in [1.54, 1.807) is 0 Å². The van der Waals surface area contributed by atoms with Crippen molar-refractivity contribution in [1.29, 1.82) is 0 Å². The third kappa shape index (κ3) is 2.18. The highest BCUT2D eigenvalue weighted by Gasteiger charge is 2.30. The highest BCUT2D eigenvalue weighted by molar-refractivity contribution is 5.65. The molecule has 4 nitrogen and oxygen atoms in total. The lowest BCUT2D eigenvalue weighted by Gasteiger charge is -2.42. The second kappa shape index (κ2) is 4.34. The average molecular weight is 196 g/mol. The molecule has 2 atom stereocenters. The Morgan fingerprint density at radius 1 is 1.50 bits per heavy atom. The minimum Gasteiger partial charge on any atom is -0.465 e. The van der Waals surface area contributed by atoms with Gasteiger partial charge in [-0.3, -0.25) is 4.90 Å². The van der Waals surface area contributed by atoms with Crippen LogP contribution in [0.25, 0.3) is 0 Å². The molecule has 2 unspecified atom stereocenters. The molecule has 1 aliphatic rings. The second-order valence-corrected chi connectivity index (χ2v) is 3.76. The average Bonchev–Trinajstić information content (AvgIpc) is 2.10. The number of hydrogen-bond donors (Lipinski definition) is 1. The van der Waals surface area contributed by atoms with Crippen molar-refractivity contribution in [1.82, 2.24) is 9.80 Å². The zero-order valence-corrected chi connectivity index (χ0v) is 8.60. The van der Waals surface area contributed by atoms with Crippen LogP contribution in [0.4, 0.5) is 4.79 Å². The van der Waals surface area contributed by atoms with Crippen LogP contribution in [0.3, 0.4) is 0 Å². The summed E-state index contributed by atoms with van der Waals surface area (Å²) < 4.78 is 0. The summed E-state index contributed by atoms with van der Waals surface area (Å²) in [7, 11) is 0. The van der Waals surface area contributed by atoms with Crippen molar-refractivity contribution in [2.75, 3.05) is 19.6 Å². The molecule has 1 rings (SSSR count). The molecule has 1 heterocycles. The highest BCUT2D eigenvalue weighted by atomic mass is 16.4. The maximum Gasteiger partial charge on any atom is 0.407 e. The van der Waals surface area contributed by atoms with Crippen molar-refractivity contribution in [2.24, 2.45) is 0 Å². The molecule has 14 heavy (non-hydrogen) atoms. The molecule has 0 aliphatic carbocycles. The van der Waals surface area contributed by atoms with E-state index in [9.17, 15) is 4.79 Å². The first-order valence-corrected chi connectivity index (χ1v) is 4.73. The molecule has 0 aromatic heterocycles. The van der Waals surface area contributed by atoms with Crippen molar-refractivity contribution in [3.63, 3.8) is 0 Å². The lowest BCUT2D eigenvalue weighted by atomic mass is 10.1. The summed E-state index contributed by atoms with van der Waals surface area (Å²) in [6, 6.07) is 0.400. The van der Waals surface area contributed by atoms with Crippen molar-refractivity contribution < 1.29 is 9.90 Å². The van der Waals surface area contributed by atoms with Gasteiger partial charge in [-0.1, -0.05) is 5.92 Å². The van der Waals surface area contributed by atoms with Gasteiger partial charge in [0.2, 0.25) is 0 Å². The van der Waals surface area contributed by atoms with Crippen LogP contribution in [0, 0.1) is 12.3 Å². The number of amides is 1. The smallest absolute Gasteiger partial charge is 0.407 e. The fourth-order valence-corrected chi connectivity index (χ4v) is 1.93. The number of nitrogens with zero attached hydrogens (tertiary/aromatic N) is 2. The SMILES string of the molecule is C#CCN1C(C)CN(C(=O)O)CC1C. The van der Waals surface area contributed by atoms with E-state index in [-0.39, 0.29) is 12.1 Å². The summed E-state index contributed by atoms with van der Waals surface area (Å²) in [6.45, 7) is 5.68. The first-order valence-electron chi connectivity index (χ1n) is 4.73. The predicted molar refractivity (Wildman–Crippen MR) is 54.1 cm³/mol. The fourth-order valence-electron chi connectivity index (χ4n) is 1.93. The summed E-state index contributed by atoms with van der Waals surface area (Å²) in [4.78, 5) is 14.4. The zero-order chi connectivity index (χ0) is 10.7. The molecule has 1 saturated heterocycles. The van der Waals surface area contributed by atoms with E-state index in [4.69, 9.17) is 11.5 Å². The van der Waals surface area contributed by atoms with E-state index < -0.39 is 6.09 Å². The molecule has 1 aliphatic heterocycles. The lowest BCUT2D eigenvalue weighted by Crippen LogP contribution is -2.57. The van der Waals surface area contributed by atoms with Gasteiger partial charge in [0, 0.05) is 25.2 Å². The number of carbonyl (C=O) groups is 1. The number of rotatable bonds is 1. The molecule has 78 valence electrons. The molecule has 0 aromatic rings. The largest absolute Gasteiger partial charge is 0.465 e. The van der Waals surface area contributed by atoms with Crippen LogP contribution in [0.5, 0.6) is 0 Å². The highest BCUT2D eigenvalue weighted by Crippen LogP contribution is 2.14. The Hall–Kier alpha value is -1.21. The lowest BCUT2D eigenvalue weighted by molar-refractivity contribution is 0.0493. The van der Waals surface area contributed by atoms with E-state index in [0.717, 1.165) is 0 Å². The van der Waals surface area contributed by atoms with Crippen LogP contribution in [-0.4, -0.2) is 52.7 Å². The van der Waals surface area contributed by atoms with Gasteiger partial charge in [-0.2, -0.15) is 0 Å². The van der Waals surface area contributed by atoms with E-state index in [2.05, 4.69) is 10.8 Å². The zero-order valence-electron chi connectivity index (χ0n) is 8.60. The predicted octanol–water partition coefficient (Wildman–Crippen LogP) is 0.692. The van der Waals surface area contributed by atoms with E-state index in [0.29, 0.717) is 19.6 Å². The second-order valence-electron chi connectivity index (χ2n) is 3.76. The third-order valence-corrected chi connectivity index (χ3v) is 2.65. The van der Waals surface area contributed by atoms with Gasteiger partial charge < -0.3 is 10.0 Å². The Bertz CT molecular complexity index is 247. The normalized spacial score (nSPS) is 28.5. The van der Waals surface area contributed by atoms with Gasteiger partial charge in [-0.05, 0) is 13.8 Å². The van der Waals surface area contributed by atoms with Crippen molar-refractivity contribution in [3.05, 3.63) is 0 Å². The number of terminal acetylenes is 1. The monoisotopic (exact) mass is 196 g/mol. The Morgan fingerprint density at radius 2 is 2.00 bits per heavy atom. The van der Waals surface area contributed by atoms with E-state index in [1.165, 1.54) is 4.90 Å². The summed E-state index contributed by atoms with van der Waals surface area (Å²) in [6.07, 6.45) is 4.41. The maximum absolute atomic E-state index is 10.8. The Kier molecular flexibility index (Phi) is 3.37. The van der Waals surface area contributed by atoms with Crippen molar-refractivity contribution >= 4 is 6.09 Å². The standard InChI is InChI=1S/C10H16N2O2/c1-4-5-12-8(2)6-11(10(13)14)7-9(12)3/h1,8-9H,5-7H2,2-3H3,(H,13,14). The van der Waals surface area contributed by atoms with Gasteiger partial charge in [-0.15, -0.1) is 6.42 Å². The molecule has 1 fully saturated rings. The molecular formula is C10H16N2O2. The topological polar surface area (TPSA) is 43.8 Å². The van der Waals surface area contributed by atoms with Gasteiger partial charge in [0.25, 0.3) is 0 Å². The van der Waals surface area contributed by atoms with Gasteiger partial charge in [0.1, 0.15) is 0 Å². The maximum atomic E-state index is 10.8. The van der Waals surface area contributed by atoms with Crippen molar-refractivity contribution in [2.45, 2.75) is 25.9 Å². The van der Waals surface area contributed by atoms with Crippen LogP contribution in [0.15, 0.2) is 0 Å². The van der Waals surface area contributed by atoms with Gasteiger partial charge in [-0.25, -0.2) is 4.79 Å². The van der Waals surface area contributed by atoms with Gasteiger partial charge >= 0.3 is 6.09 Å². The number of hydrogen-bond acceptors (Lipinski definition) is 2. The Labute approximate surface area is 84.5 Å². The molecule has 0 aromatic carbocycles. The molecule has 1 amide bonds. The third-order valence-electron chi connectivity index (χ3n) is 2.65. The Morgan fingerprint density at radius 3 is 2.36 bits per heavy atom. The molecular weight excluding hydrogens is 180 g/mol. The molecule has 1 N–H and O–H groups in total. The van der Waals surface area contributed by atoms with Crippen LogP contribution >= 0.6 is 0 Å². The van der Waals surface area contributed by atoms with Gasteiger partial charge in [0.15, 0.2) is 0 Å². The molecule has 0 radical (unpaired) electrons. The molecule has 0 spiro atoms. The summed E-state index contributed by atoms with van der Waals surface area (Å²) in [5.74, 6) is 2.60. The first kappa shape index (κ1) is 10.9. The van der Waals surface area contributed by atoms with Crippen LogP contribution in [0.2, 0.25) is 0 Å². The summed E-state index contributed by atoms with van der Waals surface area (Å²) >= 11 is 0. The number of carboxylic acid groups (broad SMARTS) is 1. The quantitative estimate of drug-likeness (QED) is 0.628. The van der Waals surface area contributed by atoms with E-state index >= 15 is 0 Å².